The van der Waals surface area contributed by atoms with Gasteiger partial charge in [-0.2, -0.15) is 5.10 Å². The number of aryl methyl sites for hydroxylation is 1. The Kier molecular flexibility index (Phi) is 2.57. The molecule has 1 aromatic heterocycles. The maximum absolute atomic E-state index is 12.4. The maximum atomic E-state index is 12.4. The second kappa shape index (κ2) is 4.12. The Labute approximate surface area is 105 Å². The average molecular weight is 248 g/mol. The molecule has 2 saturated heterocycles. The predicted molar refractivity (Wildman–Crippen MR) is 64.9 cm³/mol. The lowest BCUT2D eigenvalue weighted by atomic mass is 9.98. The second-order valence-electron chi connectivity index (χ2n) is 4.87. The summed E-state index contributed by atoms with van der Waals surface area (Å²) in [5.74, 6) is 0.610. The molecule has 2 amide bonds. The van der Waals surface area contributed by atoms with Crippen molar-refractivity contribution in [2.75, 3.05) is 18.0 Å². The van der Waals surface area contributed by atoms with Gasteiger partial charge in [0, 0.05) is 25.9 Å². The molecule has 0 N–H and O–H groups in total. The molecule has 2 fully saturated rings. The lowest BCUT2D eigenvalue weighted by molar-refractivity contribution is -0.144. The van der Waals surface area contributed by atoms with Gasteiger partial charge in [-0.25, -0.2) is 0 Å². The SMILES string of the molecule is Cn1ccc(N2CC(=O)N3CCCCC3C2=O)n1. The number of hydrogen-bond acceptors (Lipinski definition) is 3. The molecule has 0 bridgehead atoms. The fourth-order valence-corrected chi connectivity index (χ4v) is 2.71. The highest BCUT2D eigenvalue weighted by Crippen LogP contribution is 2.25. The zero-order valence-corrected chi connectivity index (χ0v) is 10.4. The molecule has 1 unspecified atom stereocenters. The Balaban J connectivity index is 1.89. The number of carbonyl (C=O) groups excluding carboxylic acids is 2. The molecule has 2 aliphatic rings. The lowest BCUT2D eigenvalue weighted by Gasteiger charge is -2.41. The minimum atomic E-state index is -0.276. The summed E-state index contributed by atoms with van der Waals surface area (Å²) in [5, 5.41) is 4.21. The number of nitrogens with zero attached hydrogens (tertiary/aromatic N) is 4. The largest absolute Gasteiger partial charge is 0.329 e. The van der Waals surface area contributed by atoms with Crippen molar-refractivity contribution in [3.8, 4) is 0 Å². The summed E-state index contributed by atoms with van der Waals surface area (Å²) in [6.45, 7) is 0.831. The van der Waals surface area contributed by atoms with E-state index in [1.165, 1.54) is 4.90 Å². The topological polar surface area (TPSA) is 58.4 Å². The highest BCUT2D eigenvalue weighted by Gasteiger charge is 2.41. The van der Waals surface area contributed by atoms with E-state index in [0.29, 0.717) is 12.4 Å². The van der Waals surface area contributed by atoms with E-state index in [9.17, 15) is 9.59 Å². The highest BCUT2D eigenvalue weighted by molar-refractivity contribution is 6.06. The van der Waals surface area contributed by atoms with E-state index in [0.717, 1.165) is 19.3 Å². The van der Waals surface area contributed by atoms with Gasteiger partial charge in [0.25, 0.3) is 5.91 Å². The first-order valence-corrected chi connectivity index (χ1v) is 6.27. The third-order valence-electron chi connectivity index (χ3n) is 3.64. The van der Waals surface area contributed by atoms with Gasteiger partial charge < -0.3 is 4.90 Å². The second-order valence-corrected chi connectivity index (χ2v) is 4.87. The Morgan fingerprint density at radius 3 is 2.89 bits per heavy atom. The van der Waals surface area contributed by atoms with Crippen LogP contribution in [-0.4, -0.2) is 45.6 Å². The summed E-state index contributed by atoms with van der Waals surface area (Å²) in [4.78, 5) is 27.7. The minimum Gasteiger partial charge on any atom is -0.329 e. The highest BCUT2D eigenvalue weighted by atomic mass is 16.2. The first kappa shape index (κ1) is 11.3. The van der Waals surface area contributed by atoms with E-state index in [-0.39, 0.29) is 24.4 Å². The van der Waals surface area contributed by atoms with Gasteiger partial charge in [-0.05, 0) is 19.3 Å². The van der Waals surface area contributed by atoms with Crippen LogP contribution in [0.1, 0.15) is 19.3 Å². The van der Waals surface area contributed by atoms with Crippen molar-refractivity contribution < 1.29 is 9.59 Å². The fourth-order valence-electron chi connectivity index (χ4n) is 2.71. The number of fused-ring (bicyclic) bond motifs is 1. The van der Waals surface area contributed by atoms with Gasteiger partial charge in [0.05, 0.1) is 0 Å². The molecule has 0 saturated carbocycles. The normalized spacial score (nSPS) is 24.4. The van der Waals surface area contributed by atoms with Crippen LogP contribution in [-0.2, 0) is 16.6 Å². The molecule has 6 nitrogen and oxygen atoms in total. The van der Waals surface area contributed by atoms with Gasteiger partial charge in [-0.1, -0.05) is 0 Å². The fraction of sp³-hybridized carbons (Fsp3) is 0.583. The zero-order valence-electron chi connectivity index (χ0n) is 10.4. The van der Waals surface area contributed by atoms with Crippen LogP contribution in [0.2, 0.25) is 0 Å². The number of amides is 2. The van der Waals surface area contributed by atoms with E-state index in [1.807, 2.05) is 0 Å². The monoisotopic (exact) mass is 248 g/mol. The van der Waals surface area contributed by atoms with Crippen LogP contribution in [0.5, 0.6) is 0 Å². The predicted octanol–water partition coefficient (Wildman–Crippen LogP) is 0.148. The van der Waals surface area contributed by atoms with Gasteiger partial charge in [-0.3, -0.25) is 19.2 Å². The molecule has 2 aliphatic heterocycles. The molecule has 0 spiro atoms. The van der Waals surface area contributed by atoms with Gasteiger partial charge in [0.2, 0.25) is 5.91 Å². The summed E-state index contributed by atoms with van der Waals surface area (Å²) in [5.41, 5.74) is 0. The van der Waals surface area contributed by atoms with Crippen LogP contribution in [0.25, 0.3) is 0 Å². The van der Waals surface area contributed by atoms with Crippen molar-refractivity contribution >= 4 is 17.6 Å². The van der Waals surface area contributed by atoms with Crippen molar-refractivity contribution in [1.29, 1.82) is 0 Å². The van der Waals surface area contributed by atoms with Crippen LogP contribution < -0.4 is 4.90 Å². The molecule has 3 rings (SSSR count). The maximum Gasteiger partial charge on any atom is 0.251 e. The van der Waals surface area contributed by atoms with Crippen LogP contribution in [0.15, 0.2) is 12.3 Å². The van der Waals surface area contributed by atoms with Crippen molar-refractivity contribution in [3.05, 3.63) is 12.3 Å². The molecule has 96 valence electrons. The number of piperidine rings is 1. The summed E-state index contributed by atoms with van der Waals surface area (Å²) in [6.07, 6.45) is 4.56. The average Bonchev–Trinajstić information content (AvgIpc) is 2.80. The summed E-state index contributed by atoms with van der Waals surface area (Å²) in [7, 11) is 1.80. The molecule has 1 atom stereocenters. The van der Waals surface area contributed by atoms with E-state index in [2.05, 4.69) is 5.10 Å². The Morgan fingerprint density at radius 1 is 1.33 bits per heavy atom. The minimum absolute atomic E-state index is 0.00741. The van der Waals surface area contributed by atoms with Crippen LogP contribution in [0.3, 0.4) is 0 Å². The first-order valence-electron chi connectivity index (χ1n) is 6.27. The number of carbonyl (C=O) groups is 2. The molecule has 0 aliphatic carbocycles. The van der Waals surface area contributed by atoms with E-state index < -0.39 is 0 Å². The van der Waals surface area contributed by atoms with Crippen molar-refractivity contribution in [2.24, 2.45) is 7.05 Å². The van der Waals surface area contributed by atoms with E-state index in [1.54, 1.807) is 28.9 Å². The number of hydrogen-bond donors (Lipinski definition) is 0. The van der Waals surface area contributed by atoms with Crippen LogP contribution in [0.4, 0.5) is 5.82 Å². The van der Waals surface area contributed by atoms with Crippen LogP contribution >= 0.6 is 0 Å². The zero-order chi connectivity index (χ0) is 12.7. The first-order chi connectivity index (χ1) is 8.66. The Bertz CT molecular complexity index is 496. The summed E-state index contributed by atoms with van der Waals surface area (Å²) < 4.78 is 1.64. The van der Waals surface area contributed by atoms with E-state index in [4.69, 9.17) is 0 Å². The van der Waals surface area contributed by atoms with Crippen molar-refractivity contribution in [2.45, 2.75) is 25.3 Å². The number of aromatic nitrogens is 2. The molecule has 1 aromatic rings. The molecule has 18 heavy (non-hydrogen) atoms. The number of anilines is 1. The third-order valence-corrected chi connectivity index (χ3v) is 3.64. The van der Waals surface area contributed by atoms with E-state index >= 15 is 0 Å². The molecule has 6 heteroatoms. The van der Waals surface area contributed by atoms with Crippen LogP contribution in [0, 0.1) is 0 Å². The molecular formula is C12H16N4O2. The Hall–Kier alpha value is -1.85. The summed E-state index contributed by atoms with van der Waals surface area (Å²) >= 11 is 0. The van der Waals surface area contributed by atoms with Gasteiger partial charge in [0.1, 0.15) is 12.6 Å². The summed E-state index contributed by atoms with van der Waals surface area (Å²) in [6, 6.07) is 1.49. The lowest BCUT2D eigenvalue weighted by Crippen LogP contribution is -2.61. The molecular weight excluding hydrogens is 232 g/mol. The van der Waals surface area contributed by atoms with Crippen molar-refractivity contribution in [3.63, 3.8) is 0 Å². The van der Waals surface area contributed by atoms with Gasteiger partial charge in [0.15, 0.2) is 5.82 Å². The quantitative estimate of drug-likeness (QED) is 0.710. The molecule has 3 heterocycles. The number of rotatable bonds is 1. The third kappa shape index (κ3) is 1.68. The van der Waals surface area contributed by atoms with Crippen molar-refractivity contribution in [1.82, 2.24) is 14.7 Å². The van der Waals surface area contributed by atoms with Gasteiger partial charge >= 0.3 is 0 Å². The number of piperazine rings is 1. The smallest absolute Gasteiger partial charge is 0.251 e. The molecule has 0 radical (unpaired) electrons. The Morgan fingerprint density at radius 2 is 2.17 bits per heavy atom. The molecule has 0 aromatic carbocycles. The standard InChI is InChI=1S/C12H16N4O2/c1-14-7-5-10(13-14)16-8-11(17)15-6-3-2-4-9(15)12(16)18/h5,7,9H,2-4,6,8H2,1H3. The van der Waals surface area contributed by atoms with Gasteiger partial charge in [-0.15, -0.1) is 0 Å².